The maximum absolute atomic E-state index is 13.3. The van der Waals surface area contributed by atoms with E-state index in [9.17, 15) is 18.7 Å². The lowest BCUT2D eigenvalue weighted by atomic mass is 10.3. The number of nitrogens with zero attached hydrogens (tertiary/aromatic N) is 2. The second kappa shape index (κ2) is 8.26. The Hall–Kier alpha value is -3.14. The predicted octanol–water partition coefficient (Wildman–Crippen LogP) is 2.43. The zero-order valence-corrected chi connectivity index (χ0v) is 15.6. The average Bonchev–Trinajstić information content (AvgIpc) is 3.05. The number of carbonyl (C=O) groups is 1. The molecule has 28 heavy (non-hydrogen) atoms. The summed E-state index contributed by atoms with van der Waals surface area (Å²) in [6.07, 6.45) is 0. The van der Waals surface area contributed by atoms with Gasteiger partial charge in [-0.15, -0.1) is 0 Å². The summed E-state index contributed by atoms with van der Waals surface area (Å²) in [5.74, 6) is -2.66. The van der Waals surface area contributed by atoms with Gasteiger partial charge in [0.1, 0.15) is 5.75 Å². The molecular weight excluding hydrogens is 392 g/mol. The molecule has 3 rings (SSSR count). The van der Waals surface area contributed by atoms with E-state index in [1.165, 1.54) is 17.9 Å². The molecule has 1 heterocycles. The van der Waals surface area contributed by atoms with Crippen molar-refractivity contribution in [1.29, 1.82) is 0 Å². The SMILES string of the molecule is COc1ccc(-[n+]2noc([O-])c2SC(C)C(=O)Nc2ccc(F)c(F)c2)cc1. The van der Waals surface area contributed by atoms with Crippen molar-refractivity contribution < 1.29 is 32.6 Å². The third kappa shape index (κ3) is 4.22. The van der Waals surface area contributed by atoms with Crippen molar-refractivity contribution >= 4 is 23.4 Å². The number of aromatic nitrogens is 2. The molecule has 1 aromatic heterocycles. The summed E-state index contributed by atoms with van der Waals surface area (Å²) >= 11 is 0.926. The number of halogens is 2. The minimum Gasteiger partial charge on any atom is -0.538 e. The van der Waals surface area contributed by atoms with Crippen molar-refractivity contribution in [1.82, 2.24) is 5.27 Å². The largest absolute Gasteiger partial charge is 0.538 e. The zero-order valence-electron chi connectivity index (χ0n) is 14.8. The van der Waals surface area contributed by atoms with Gasteiger partial charge in [-0.2, -0.15) is 0 Å². The van der Waals surface area contributed by atoms with Crippen molar-refractivity contribution in [3.8, 4) is 17.4 Å². The molecular formula is C18H15F2N3O4S. The van der Waals surface area contributed by atoms with Gasteiger partial charge in [-0.25, -0.2) is 8.78 Å². The molecule has 7 nitrogen and oxygen atoms in total. The molecule has 0 bridgehead atoms. The number of amides is 1. The predicted molar refractivity (Wildman–Crippen MR) is 94.3 cm³/mol. The van der Waals surface area contributed by atoms with Gasteiger partial charge in [-0.1, -0.05) is 0 Å². The molecule has 1 atom stereocenters. The highest BCUT2D eigenvalue weighted by Gasteiger charge is 2.26. The van der Waals surface area contributed by atoms with E-state index in [-0.39, 0.29) is 10.7 Å². The van der Waals surface area contributed by atoms with Crippen LogP contribution in [0.5, 0.6) is 11.7 Å². The summed E-state index contributed by atoms with van der Waals surface area (Å²) in [6, 6.07) is 9.76. The Bertz CT molecular complexity index is 995. The highest BCUT2D eigenvalue weighted by Crippen LogP contribution is 2.28. The van der Waals surface area contributed by atoms with E-state index in [2.05, 4.69) is 10.6 Å². The number of hydrogen-bond donors (Lipinski definition) is 1. The maximum Gasteiger partial charge on any atom is 0.298 e. The number of rotatable bonds is 6. The van der Waals surface area contributed by atoms with Crippen LogP contribution in [0.25, 0.3) is 5.69 Å². The molecule has 1 unspecified atom stereocenters. The summed E-state index contributed by atoms with van der Waals surface area (Å²) in [4.78, 5) is 12.4. The lowest BCUT2D eigenvalue weighted by molar-refractivity contribution is -0.705. The Morgan fingerprint density at radius 3 is 2.61 bits per heavy atom. The van der Waals surface area contributed by atoms with E-state index in [0.29, 0.717) is 11.4 Å². The molecule has 3 aromatic rings. The van der Waals surface area contributed by atoms with E-state index >= 15 is 0 Å². The van der Waals surface area contributed by atoms with E-state index < -0.39 is 28.7 Å². The Morgan fingerprint density at radius 2 is 1.96 bits per heavy atom. The van der Waals surface area contributed by atoms with Crippen LogP contribution in [0.15, 0.2) is 52.0 Å². The van der Waals surface area contributed by atoms with Gasteiger partial charge in [0.25, 0.3) is 5.03 Å². The number of nitrogens with one attached hydrogen (secondary N) is 1. The van der Waals surface area contributed by atoms with Gasteiger partial charge in [0.2, 0.25) is 11.6 Å². The number of ether oxygens (including phenoxy) is 1. The summed E-state index contributed by atoms with van der Waals surface area (Å²) in [7, 11) is 1.53. The molecule has 0 fully saturated rings. The van der Waals surface area contributed by atoms with Gasteiger partial charge in [-0.3, -0.25) is 4.79 Å². The Labute approximate surface area is 162 Å². The monoisotopic (exact) mass is 407 g/mol. The molecule has 1 amide bonds. The highest BCUT2D eigenvalue weighted by molar-refractivity contribution is 8.00. The molecule has 0 aliphatic carbocycles. The number of benzene rings is 2. The van der Waals surface area contributed by atoms with Crippen LogP contribution in [-0.4, -0.2) is 23.5 Å². The fourth-order valence-corrected chi connectivity index (χ4v) is 3.14. The normalized spacial score (nSPS) is 11.9. The zero-order chi connectivity index (χ0) is 20.3. The van der Waals surface area contributed by atoms with Gasteiger partial charge in [-0.05, 0) is 47.6 Å². The van der Waals surface area contributed by atoms with Crippen molar-refractivity contribution in [2.45, 2.75) is 17.2 Å². The molecule has 0 spiro atoms. The Morgan fingerprint density at radius 1 is 1.25 bits per heavy atom. The molecule has 10 heteroatoms. The van der Waals surface area contributed by atoms with Crippen molar-refractivity contribution in [3.05, 3.63) is 54.1 Å². The number of hydrogen-bond acceptors (Lipinski definition) is 6. The quantitative estimate of drug-likeness (QED) is 0.499. The first kappa shape index (κ1) is 19.6. The van der Waals surface area contributed by atoms with Gasteiger partial charge in [0, 0.05) is 23.9 Å². The highest BCUT2D eigenvalue weighted by atomic mass is 32.2. The first-order valence-corrected chi connectivity index (χ1v) is 8.93. The Balaban J connectivity index is 1.76. The number of thioether (sulfide) groups is 1. The standard InChI is InChI=1S/C18H15F2N3O4S/c1-10(16(24)21-11-3-8-14(19)15(20)9-11)28-17-18(25)27-22-23(17)12-4-6-13(26-2)7-5-12/h3-10H,1-2H3,(H-,21,22,24,25). The van der Waals surface area contributed by atoms with Crippen molar-refractivity contribution in [3.63, 3.8) is 0 Å². The first-order valence-electron chi connectivity index (χ1n) is 8.05. The summed E-state index contributed by atoms with van der Waals surface area (Å²) in [6.45, 7) is 1.56. The molecule has 2 aromatic carbocycles. The maximum atomic E-state index is 13.3. The fraction of sp³-hybridized carbons (Fsp3) is 0.167. The molecule has 0 saturated carbocycles. The molecule has 1 N–H and O–H groups in total. The van der Waals surface area contributed by atoms with Gasteiger partial charge >= 0.3 is 0 Å². The number of methoxy groups -OCH3 is 1. The smallest absolute Gasteiger partial charge is 0.298 e. The molecule has 0 aliphatic rings. The van der Waals surface area contributed by atoms with Crippen LogP contribution in [-0.2, 0) is 4.79 Å². The van der Waals surface area contributed by atoms with Crippen LogP contribution < -0.4 is 19.8 Å². The Kier molecular flexibility index (Phi) is 5.78. The number of carbonyl (C=O) groups excluding carboxylic acids is 1. The van der Waals surface area contributed by atoms with E-state index in [1.807, 2.05) is 0 Å². The van der Waals surface area contributed by atoms with Gasteiger partial charge in [0.15, 0.2) is 17.6 Å². The van der Waals surface area contributed by atoms with Crippen LogP contribution in [0.3, 0.4) is 0 Å². The summed E-state index contributed by atoms with van der Waals surface area (Å²) < 4.78 is 37.3. The molecule has 146 valence electrons. The lowest BCUT2D eigenvalue weighted by Gasteiger charge is -2.10. The van der Waals surface area contributed by atoms with E-state index in [4.69, 9.17) is 9.26 Å². The van der Waals surface area contributed by atoms with Crippen LogP contribution in [0.2, 0.25) is 0 Å². The molecule has 0 aliphatic heterocycles. The third-order valence-corrected chi connectivity index (χ3v) is 4.86. The average molecular weight is 407 g/mol. The van der Waals surface area contributed by atoms with E-state index in [1.54, 1.807) is 31.2 Å². The van der Waals surface area contributed by atoms with Crippen LogP contribution in [0.4, 0.5) is 14.5 Å². The van der Waals surface area contributed by atoms with Crippen molar-refractivity contribution in [2.24, 2.45) is 0 Å². The topological polar surface area (TPSA) is 91.3 Å². The second-order valence-electron chi connectivity index (χ2n) is 5.65. The van der Waals surface area contributed by atoms with E-state index in [0.717, 1.165) is 23.9 Å². The number of anilines is 1. The lowest BCUT2D eigenvalue weighted by Crippen LogP contribution is -2.36. The van der Waals surface area contributed by atoms with Gasteiger partial charge in [0.05, 0.1) is 17.6 Å². The van der Waals surface area contributed by atoms with Crippen LogP contribution in [0, 0.1) is 11.6 Å². The van der Waals surface area contributed by atoms with Crippen LogP contribution >= 0.6 is 11.8 Å². The second-order valence-corrected chi connectivity index (χ2v) is 6.98. The minimum absolute atomic E-state index is 0.0955. The minimum atomic E-state index is -1.07. The van der Waals surface area contributed by atoms with Crippen LogP contribution in [0.1, 0.15) is 6.92 Å². The summed E-state index contributed by atoms with van der Waals surface area (Å²) in [5.41, 5.74) is 0.648. The van der Waals surface area contributed by atoms with Crippen molar-refractivity contribution in [2.75, 3.05) is 12.4 Å². The first-order chi connectivity index (χ1) is 13.4. The molecule has 0 saturated heterocycles. The summed E-state index contributed by atoms with van der Waals surface area (Å²) in [5, 5.41) is 17.5. The van der Waals surface area contributed by atoms with Gasteiger partial charge < -0.3 is 19.7 Å². The fourth-order valence-electron chi connectivity index (χ4n) is 2.27. The third-order valence-electron chi connectivity index (χ3n) is 3.73. The molecule has 0 radical (unpaired) electrons.